The first-order valence-corrected chi connectivity index (χ1v) is 5.18. The predicted octanol–water partition coefficient (Wildman–Crippen LogP) is 1.58. The minimum Gasteiger partial charge on any atom is -0.453 e. The zero-order chi connectivity index (χ0) is 9.61. The molecule has 0 aliphatic carbocycles. The smallest absolute Gasteiger partial charge is 0.453 e. The van der Waals surface area contributed by atoms with Crippen molar-refractivity contribution in [1.29, 1.82) is 0 Å². The zero-order valence-electron chi connectivity index (χ0n) is 6.57. The van der Waals surface area contributed by atoms with Crippen molar-refractivity contribution in [3.8, 4) is 0 Å². The molecule has 12 heavy (non-hydrogen) atoms. The van der Waals surface area contributed by atoms with Crippen molar-refractivity contribution in [2.24, 2.45) is 0 Å². The Kier molecular flexibility index (Phi) is 4.71. The molecule has 0 aliphatic rings. The van der Waals surface area contributed by atoms with E-state index in [1.165, 1.54) is 0 Å². The fourth-order valence-electron chi connectivity index (χ4n) is 0.551. The molecule has 0 saturated carbocycles. The highest BCUT2D eigenvalue weighted by Crippen LogP contribution is 2.15. The van der Waals surface area contributed by atoms with E-state index < -0.39 is 21.2 Å². The topological polar surface area (TPSA) is 38.3 Å². The first-order valence-electron chi connectivity index (χ1n) is 3.34. The number of halogens is 3. The second-order valence-corrected chi connectivity index (χ2v) is 3.87. The Labute approximate surface area is 69.4 Å². The molecule has 1 amide bonds. The average Bonchev–Trinajstić information content (AvgIpc) is 1.96. The van der Waals surface area contributed by atoms with Crippen molar-refractivity contribution >= 4 is 15.2 Å². The predicted molar refractivity (Wildman–Crippen MR) is 38.9 cm³/mol. The van der Waals surface area contributed by atoms with Gasteiger partial charge in [-0.3, -0.25) is 0 Å². The van der Waals surface area contributed by atoms with Gasteiger partial charge in [-0.25, -0.2) is 17.1 Å². The summed E-state index contributed by atoms with van der Waals surface area (Å²) in [6.07, 6.45) is -0.760. The third kappa shape index (κ3) is 7.38. The molecular formula is C5H10F3NO2Si. The molecule has 1 N–H and O–H groups in total. The minimum atomic E-state index is -5.43. The third-order valence-electron chi connectivity index (χ3n) is 1.09. The standard InChI is InChI=1S/C5H10F3NO2Si/c1-11-5(10)9-3-2-4-12(6,7)8/h2-4H2,1H3,(H,9,10). The van der Waals surface area contributed by atoms with Crippen LogP contribution in [-0.4, -0.2) is 28.8 Å². The lowest BCUT2D eigenvalue weighted by atomic mass is 10.5. The number of amides is 1. The number of hydrogen-bond acceptors (Lipinski definition) is 2. The van der Waals surface area contributed by atoms with Crippen LogP contribution in [-0.2, 0) is 4.74 Å². The van der Waals surface area contributed by atoms with E-state index in [0.29, 0.717) is 0 Å². The van der Waals surface area contributed by atoms with Crippen LogP contribution in [0.1, 0.15) is 6.42 Å². The van der Waals surface area contributed by atoms with Gasteiger partial charge in [0.05, 0.1) is 7.11 Å². The summed E-state index contributed by atoms with van der Waals surface area (Å²) in [6, 6.07) is -0.753. The summed E-state index contributed by atoms with van der Waals surface area (Å²) in [5.41, 5.74) is 0. The lowest BCUT2D eigenvalue weighted by Crippen LogP contribution is -2.25. The molecule has 3 nitrogen and oxygen atoms in total. The molecule has 7 heteroatoms. The van der Waals surface area contributed by atoms with E-state index in [0.717, 1.165) is 7.11 Å². The number of ether oxygens (including phenoxy) is 1. The molecule has 0 aromatic carbocycles. The number of nitrogens with one attached hydrogen (secondary N) is 1. The maximum Gasteiger partial charge on any atom is 0.616 e. The van der Waals surface area contributed by atoms with Gasteiger partial charge in [-0.05, 0) is 6.42 Å². The SMILES string of the molecule is COC(=O)NCCC[Si](F)(F)F. The van der Waals surface area contributed by atoms with E-state index in [-0.39, 0.29) is 13.0 Å². The van der Waals surface area contributed by atoms with E-state index in [1.54, 1.807) is 0 Å². The van der Waals surface area contributed by atoms with Crippen LogP contribution in [0.2, 0.25) is 6.04 Å². The number of carbonyl (C=O) groups is 1. The Balaban J connectivity index is 3.28. The lowest BCUT2D eigenvalue weighted by Gasteiger charge is -2.03. The summed E-state index contributed by atoms with van der Waals surface area (Å²) < 4.78 is 39.1. The van der Waals surface area contributed by atoms with E-state index in [1.807, 2.05) is 0 Å². The summed E-state index contributed by atoms with van der Waals surface area (Å²) in [6.45, 7) is 0.0131. The maximum absolute atomic E-state index is 11.7. The molecule has 0 bridgehead atoms. The summed E-state index contributed by atoms with van der Waals surface area (Å²) in [5.74, 6) is 0. The Morgan fingerprint density at radius 2 is 2.08 bits per heavy atom. The molecule has 0 atom stereocenters. The van der Waals surface area contributed by atoms with Crippen LogP contribution in [0.25, 0.3) is 0 Å². The normalized spacial score (nSPS) is 11.0. The quantitative estimate of drug-likeness (QED) is 0.426. The van der Waals surface area contributed by atoms with E-state index >= 15 is 0 Å². The number of alkyl carbamates (subject to hydrolysis) is 1. The molecule has 0 heterocycles. The number of rotatable bonds is 4. The van der Waals surface area contributed by atoms with E-state index in [4.69, 9.17) is 0 Å². The number of hydrogen-bond donors (Lipinski definition) is 1. The van der Waals surface area contributed by atoms with Crippen molar-refractivity contribution < 1.29 is 21.9 Å². The molecule has 0 saturated heterocycles. The van der Waals surface area contributed by atoms with Gasteiger partial charge in [-0.15, -0.1) is 0 Å². The Hall–Kier alpha value is -0.723. The van der Waals surface area contributed by atoms with Gasteiger partial charge in [0.1, 0.15) is 0 Å². The maximum atomic E-state index is 11.7. The van der Waals surface area contributed by atoms with Gasteiger partial charge < -0.3 is 10.1 Å². The molecule has 0 spiro atoms. The molecule has 72 valence electrons. The average molecular weight is 201 g/mol. The van der Waals surface area contributed by atoms with Gasteiger partial charge in [0, 0.05) is 12.6 Å². The lowest BCUT2D eigenvalue weighted by molar-refractivity contribution is 0.171. The van der Waals surface area contributed by atoms with Crippen molar-refractivity contribution in [1.82, 2.24) is 5.32 Å². The number of carbonyl (C=O) groups excluding carboxylic acids is 1. The molecule has 0 rings (SSSR count). The van der Waals surface area contributed by atoms with Gasteiger partial charge in [-0.1, -0.05) is 0 Å². The van der Waals surface area contributed by atoms with E-state index in [2.05, 4.69) is 10.1 Å². The molecule has 0 aromatic heterocycles. The van der Waals surface area contributed by atoms with Gasteiger partial charge in [0.25, 0.3) is 0 Å². The van der Waals surface area contributed by atoms with Crippen LogP contribution in [0, 0.1) is 0 Å². The highest BCUT2D eigenvalue weighted by Gasteiger charge is 2.35. The summed E-state index contributed by atoms with van der Waals surface area (Å²) in [5, 5.41) is 2.17. The van der Waals surface area contributed by atoms with Crippen molar-refractivity contribution in [2.75, 3.05) is 13.7 Å². The third-order valence-corrected chi connectivity index (χ3v) is 2.01. The monoisotopic (exact) mass is 201 g/mol. The van der Waals surface area contributed by atoms with Crippen LogP contribution < -0.4 is 5.32 Å². The second-order valence-electron chi connectivity index (χ2n) is 2.14. The molecule has 0 unspecified atom stereocenters. The van der Waals surface area contributed by atoms with Crippen molar-refractivity contribution in [3.63, 3.8) is 0 Å². The van der Waals surface area contributed by atoms with Crippen LogP contribution in [0.3, 0.4) is 0 Å². The van der Waals surface area contributed by atoms with Crippen LogP contribution in [0.4, 0.5) is 17.1 Å². The van der Waals surface area contributed by atoms with Gasteiger partial charge in [-0.2, -0.15) is 0 Å². The van der Waals surface area contributed by atoms with Crippen LogP contribution in [0.5, 0.6) is 0 Å². The number of methoxy groups -OCH3 is 1. The van der Waals surface area contributed by atoms with Gasteiger partial charge >= 0.3 is 15.2 Å². The summed E-state index contributed by atoms with van der Waals surface area (Å²) in [7, 11) is -4.27. The summed E-state index contributed by atoms with van der Waals surface area (Å²) >= 11 is 0. The Bertz CT molecular complexity index is 150. The van der Waals surface area contributed by atoms with Crippen molar-refractivity contribution in [2.45, 2.75) is 12.5 Å². The molecule has 0 aromatic rings. The van der Waals surface area contributed by atoms with Gasteiger partial charge in [0.15, 0.2) is 0 Å². The highest BCUT2D eigenvalue weighted by molar-refractivity contribution is 6.58. The molecule has 0 aliphatic heterocycles. The summed E-state index contributed by atoms with van der Waals surface area (Å²) in [4.78, 5) is 10.3. The molecule has 0 fully saturated rings. The zero-order valence-corrected chi connectivity index (χ0v) is 7.57. The first-order chi connectivity index (χ1) is 5.45. The van der Waals surface area contributed by atoms with Crippen LogP contribution in [0.15, 0.2) is 0 Å². The first kappa shape index (κ1) is 11.3. The van der Waals surface area contributed by atoms with Crippen LogP contribution >= 0.6 is 0 Å². The second kappa shape index (κ2) is 5.02. The molecule has 0 radical (unpaired) electrons. The van der Waals surface area contributed by atoms with E-state index in [9.17, 15) is 17.1 Å². The minimum absolute atomic E-state index is 0.0131. The fraction of sp³-hybridized carbons (Fsp3) is 0.800. The Morgan fingerprint density at radius 3 is 2.50 bits per heavy atom. The largest absolute Gasteiger partial charge is 0.616 e. The molecular weight excluding hydrogens is 191 g/mol. The Morgan fingerprint density at radius 1 is 1.50 bits per heavy atom. The van der Waals surface area contributed by atoms with Crippen molar-refractivity contribution in [3.05, 3.63) is 0 Å². The van der Waals surface area contributed by atoms with Gasteiger partial charge in [0.2, 0.25) is 0 Å². The fourth-order valence-corrected chi connectivity index (χ4v) is 1.13. The highest BCUT2D eigenvalue weighted by atomic mass is 28.5.